The molecule has 4 heteroatoms. The van der Waals surface area contributed by atoms with Gasteiger partial charge in [-0.1, -0.05) is 12.1 Å². The van der Waals surface area contributed by atoms with Crippen LogP contribution >= 0.6 is 0 Å². The highest BCUT2D eigenvalue weighted by molar-refractivity contribution is 6.15. The molecule has 0 aliphatic heterocycles. The van der Waals surface area contributed by atoms with Crippen molar-refractivity contribution in [2.75, 3.05) is 0 Å². The number of allylic oxidation sites excluding steroid dienone is 1. The fourth-order valence-electron chi connectivity index (χ4n) is 1.08. The highest BCUT2D eigenvalue weighted by Crippen LogP contribution is 2.17. The summed E-state index contributed by atoms with van der Waals surface area (Å²) >= 11 is 0. The number of hydrogen-bond donors (Lipinski definition) is 1. The molecule has 1 N–H and O–H groups in total. The Kier molecular flexibility index (Phi) is 2.96. The van der Waals surface area contributed by atoms with E-state index >= 15 is 0 Å². The second-order valence-electron chi connectivity index (χ2n) is 2.64. The second-order valence-corrected chi connectivity index (χ2v) is 2.64. The molecular formula is C10H8F2O2. The molecule has 0 atom stereocenters. The Morgan fingerprint density at radius 1 is 1.36 bits per heavy atom. The van der Waals surface area contributed by atoms with Crippen LogP contribution in [0.15, 0.2) is 24.3 Å². The number of hydrogen-bond acceptors (Lipinski definition) is 1. The summed E-state index contributed by atoms with van der Waals surface area (Å²) in [5.41, 5.74) is 0.0998. The van der Waals surface area contributed by atoms with Crippen LogP contribution in [0.1, 0.15) is 12.5 Å². The molecule has 0 saturated heterocycles. The summed E-state index contributed by atoms with van der Waals surface area (Å²) in [6, 6.07) is 2.98. The van der Waals surface area contributed by atoms with Crippen molar-refractivity contribution in [3.63, 3.8) is 0 Å². The van der Waals surface area contributed by atoms with Crippen LogP contribution in [-0.4, -0.2) is 11.1 Å². The maximum absolute atomic E-state index is 12.7. The van der Waals surface area contributed by atoms with Crippen LogP contribution in [0.3, 0.4) is 0 Å². The molecule has 0 unspecified atom stereocenters. The van der Waals surface area contributed by atoms with Gasteiger partial charge in [0.15, 0.2) is 11.6 Å². The molecule has 0 heterocycles. The molecule has 0 bridgehead atoms. The quantitative estimate of drug-likeness (QED) is 0.741. The van der Waals surface area contributed by atoms with Crippen LogP contribution in [0, 0.1) is 11.6 Å². The topological polar surface area (TPSA) is 37.3 Å². The molecule has 0 spiro atoms. The smallest absolute Gasteiger partial charge is 0.335 e. The highest BCUT2D eigenvalue weighted by Gasteiger charge is 2.11. The minimum absolute atomic E-state index is 0.0519. The summed E-state index contributed by atoms with van der Waals surface area (Å²) in [6.07, 6.45) is 1.33. The lowest BCUT2D eigenvalue weighted by atomic mass is 10.1. The van der Waals surface area contributed by atoms with Crippen LogP contribution in [0.5, 0.6) is 0 Å². The van der Waals surface area contributed by atoms with Crippen LogP contribution < -0.4 is 0 Å². The zero-order valence-corrected chi connectivity index (χ0v) is 7.42. The fraction of sp³-hybridized carbons (Fsp3) is 0.100. The van der Waals surface area contributed by atoms with Crippen LogP contribution in [0.4, 0.5) is 8.78 Å². The Hall–Kier alpha value is -1.71. The Morgan fingerprint density at radius 3 is 2.43 bits per heavy atom. The number of carbonyl (C=O) groups is 1. The average Bonchev–Trinajstić information content (AvgIpc) is 2.11. The van der Waals surface area contributed by atoms with Gasteiger partial charge >= 0.3 is 5.97 Å². The molecule has 1 rings (SSSR count). The predicted molar refractivity (Wildman–Crippen MR) is 47.6 cm³/mol. The first kappa shape index (κ1) is 10.4. The number of carboxylic acid groups (broad SMARTS) is 1. The third kappa shape index (κ3) is 1.96. The molecule has 0 aliphatic carbocycles. The van der Waals surface area contributed by atoms with E-state index in [9.17, 15) is 13.6 Å². The number of rotatable bonds is 2. The zero-order chi connectivity index (χ0) is 10.7. The minimum Gasteiger partial charge on any atom is -0.478 e. The van der Waals surface area contributed by atoms with Gasteiger partial charge in [-0.2, -0.15) is 0 Å². The van der Waals surface area contributed by atoms with Gasteiger partial charge in [-0.25, -0.2) is 13.6 Å². The molecule has 0 amide bonds. The van der Waals surface area contributed by atoms with E-state index < -0.39 is 17.6 Å². The van der Waals surface area contributed by atoms with E-state index in [1.54, 1.807) is 0 Å². The number of carboxylic acids is 1. The van der Waals surface area contributed by atoms with E-state index in [2.05, 4.69) is 0 Å². The summed E-state index contributed by atoms with van der Waals surface area (Å²) in [5, 5.41) is 8.70. The summed E-state index contributed by atoms with van der Waals surface area (Å²) in [4.78, 5) is 10.6. The maximum Gasteiger partial charge on any atom is 0.335 e. The monoisotopic (exact) mass is 198 g/mol. The van der Waals surface area contributed by atoms with Crippen LogP contribution in [0.2, 0.25) is 0 Å². The Morgan fingerprint density at radius 2 is 2.00 bits per heavy atom. The maximum atomic E-state index is 12.7. The van der Waals surface area contributed by atoms with Gasteiger partial charge in [-0.3, -0.25) is 0 Å². The first-order valence-electron chi connectivity index (χ1n) is 3.91. The van der Waals surface area contributed by atoms with E-state index in [1.807, 2.05) is 0 Å². The predicted octanol–water partition coefficient (Wildman–Crippen LogP) is 2.45. The van der Waals surface area contributed by atoms with Gasteiger partial charge in [0.25, 0.3) is 0 Å². The van der Waals surface area contributed by atoms with Crippen molar-refractivity contribution in [1.82, 2.24) is 0 Å². The molecule has 14 heavy (non-hydrogen) atoms. The summed E-state index contributed by atoms with van der Waals surface area (Å²) in [5.74, 6) is -3.21. The lowest BCUT2D eigenvalue weighted by Crippen LogP contribution is -2.00. The van der Waals surface area contributed by atoms with Gasteiger partial charge < -0.3 is 5.11 Å². The summed E-state index contributed by atoms with van der Waals surface area (Å²) < 4.78 is 25.3. The second kappa shape index (κ2) is 4.00. The van der Waals surface area contributed by atoms with Crippen molar-refractivity contribution in [3.05, 3.63) is 41.5 Å². The van der Waals surface area contributed by atoms with Gasteiger partial charge in [0, 0.05) is 0 Å². The molecule has 0 aliphatic rings. The fourth-order valence-corrected chi connectivity index (χ4v) is 1.08. The zero-order valence-electron chi connectivity index (χ0n) is 7.42. The molecule has 74 valence electrons. The number of aliphatic carboxylic acids is 1. The van der Waals surface area contributed by atoms with Crippen molar-refractivity contribution < 1.29 is 18.7 Å². The number of halogens is 2. The van der Waals surface area contributed by atoms with E-state index in [4.69, 9.17) is 5.11 Å². The van der Waals surface area contributed by atoms with Gasteiger partial charge in [0.05, 0.1) is 5.57 Å². The Bertz CT molecular complexity index is 397. The van der Waals surface area contributed by atoms with E-state index in [0.29, 0.717) is 0 Å². The van der Waals surface area contributed by atoms with Gasteiger partial charge in [0.1, 0.15) is 0 Å². The van der Waals surface area contributed by atoms with Gasteiger partial charge in [0.2, 0.25) is 0 Å². The van der Waals surface area contributed by atoms with Gasteiger partial charge in [-0.05, 0) is 24.6 Å². The molecule has 0 radical (unpaired) electrons. The van der Waals surface area contributed by atoms with Crippen molar-refractivity contribution in [3.8, 4) is 0 Å². The SMILES string of the molecule is CC=C(C(=O)O)c1ccc(F)c(F)c1. The molecule has 1 aromatic rings. The van der Waals surface area contributed by atoms with E-state index in [1.165, 1.54) is 19.1 Å². The first-order valence-corrected chi connectivity index (χ1v) is 3.91. The van der Waals surface area contributed by atoms with Gasteiger partial charge in [-0.15, -0.1) is 0 Å². The lowest BCUT2D eigenvalue weighted by molar-refractivity contribution is -0.130. The third-order valence-corrected chi connectivity index (χ3v) is 1.75. The molecule has 0 aromatic heterocycles. The lowest BCUT2D eigenvalue weighted by Gasteiger charge is -2.01. The highest BCUT2D eigenvalue weighted by atomic mass is 19.2. The van der Waals surface area contributed by atoms with Crippen LogP contribution in [0.25, 0.3) is 5.57 Å². The number of benzene rings is 1. The Balaban J connectivity index is 3.20. The summed E-state index contributed by atoms with van der Waals surface area (Å²) in [6.45, 7) is 1.52. The van der Waals surface area contributed by atoms with E-state index in [0.717, 1.165) is 12.1 Å². The molecular weight excluding hydrogens is 190 g/mol. The largest absolute Gasteiger partial charge is 0.478 e. The van der Waals surface area contributed by atoms with Crippen molar-refractivity contribution >= 4 is 11.5 Å². The molecule has 0 fully saturated rings. The molecule has 1 aromatic carbocycles. The third-order valence-electron chi connectivity index (χ3n) is 1.75. The van der Waals surface area contributed by atoms with Crippen molar-refractivity contribution in [1.29, 1.82) is 0 Å². The summed E-state index contributed by atoms with van der Waals surface area (Å²) in [7, 11) is 0. The Labute approximate surface area is 79.5 Å². The van der Waals surface area contributed by atoms with Crippen molar-refractivity contribution in [2.24, 2.45) is 0 Å². The first-order chi connectivity index (χ1) is 6.56. The average molecular weight is 198 g/mol. The van der Waals surface area contributed by atoms with E-state index in [-0.39, 0.29) is 11.1 Å². The van der Waals surface area contributed by atoms with Crippen molar-refractivity contribution in [2.45, 2.75) is 6.92 Å². The minimum atomic E-state index is -1.17. The van der Waals surface area contributed by atoms with Crippen LogP contribution in [-0.2, 0) is 4.79 Å². The molecule has 0 saturated carbocycles. The standard InChI is InChI=1S/C10H8F2O2/c1-2-7(10(13)14)6-3-4-8(11)9(12)5-6/h2-5H,1H3,(H,13,14). The molecule has 2 nitrogen and oxygen atoms in total. The normalized spacial score (nSPS) is 11.5.